The van der Waals surface area contributed by atoms with Crippen LogP contribution in [0.15, 0.2) is 29.1 Å². The highest BCUT2D eigenvalue weighted by Gasteiger charge is 2.17. The molecule has 0 bridgehead atoms. The van der Waals surface area contributed by atoms with Crippen LogP contribution >= 0.6 is 0 Å². The van der Waals surface area contributed by atoms with Crippen LogP contribution < -0.4 is 5.56 Å². The van der Waals surface area contributed by atoms with Crippen LogP contribution in [0.25, 0.3) is 0 Å². The Bertz CT molecular complexity index is 648. The molecular weight excluding hydrogens is 231 g/mol. The van der Waals surface area contributed by atoms with Crippen LogP contribution in [0.4, 0.5) is 4.39 Å². The third-order valence-corrected chi connectivity index (χ3v) is 3.25. The Morgan fingerprint density at radius 2 is 2.22 bits per heavy atom. The minimum atomic E-state index is -0.268. The standard InChI is InChI=1S/C14H13FN2O/c15-10-4-1-3-9(7-10)8-13-16-12-6-2-5-11(12)14(18)17-13/h1,3-4,7H,2,5-6,8H2,(H,16,17,18). The first-order valence-electron chi connectivity index (χ1n) is 6.08. The summed E-state index contributed by atoms with van der Waals surface area (Å²) in [6, 6.07) is 6.36. The van der Waals surface area contributed by atoms with Gasteiger partial charge in [0.1, 0.15) is 11.6 Å². The fourth-order valence-electron chi connectivity index (χ4n) is 2.42. The van der Waals surface area contributed by atoms with E-state index in [0.29, 0.717) is 12.2 Å². The molecule has 3 nitrogen and oxygen atoms in total. The van der Waals surface area contributed by atoms with Gasteiger partial charge in [-0.3, -0.25) is 4.79 Å². The predicted molar refractivity (Wildman–Crippen MR) is 66.1 cm³/mol. The first-order chi connectivity index (χ1) is 8.72. The van der Waals surface area contributed by atoms with E-state index in [0.717, 1.165) is 36.1 Å². The Morgan fingerprint density at radius 1 is 1.33 bits per heavy atom. The quantitative estimate of drug-likeness (QED) is 0.878. The number of benzene rings is 1. The second kappa shape index (κ2) is 4.37. The summed E-state index contributed by atoms with van der Waals surface area (Å²) in [6.07, 6.45) is 3.14. The van der Waals surface area contributed by atoms with Crippen LogP contribution in [0.2, 0.25) is 0 Å². The summed E-state index contributed by atoms with van der Waals surface area (Å²) in [6.45, 7) is 0. The van der Waals surface area contributed by atoms with Gasteiger partial charge in [-0.05, 0) is 37.0 Å². The molecule has 0 saturated carbocycles. The molecule has 0 radical (unpaired) electrons. The maximum Gasteiger partial charge on any atom is 0.254 e. The maximum absolute atomic E-state index is 13.1. The molecule has 1 heterocycles. The molecule has 0 saturated heterocycles. The van der Waals surface area contributed by atoms with Crippen molar-refractivity contribution in [3.63, 3.8) is 0 Å². The van der Waals surface area contributed by atoms with Gasteiger partial charge in [-0.1, -0.05) is 12.1 Å². The number of fused-ring (bicyclic) bond motifs is 1. The summed E-state index contributed by atoms with van der Waals surface area (Å²) in [5.74, 6) is 0.349. The highest BCUT2D eigenvalue weighted by molar-refractivity contribution is 5.25. The molecule has 1 aliphatic carbocycles. The van der Waals surface area contributed by atoms with Crippen molar-refractivity contribution in [1.82, 2.24) is 9.97 Å². The Kier molecular flexibility index (Phi) is 2.70. The number of H-pyrrole nitrogens is 1. The summed E-state index contributed by atoms with van der Waals surface area (Å²) in [7, 11) is 0. The molecule has 1 N–H and O–H groups in total. The van der Waals surface area contributed by atoms with Crippen molar-refractivity contribution >= 4 is 0 Å². The molecule has 0 fully saturated rings. The summed E-state index contributed by atoms with van der Waals surface area (Å²) >= 11 is 0. The molecule has 3 rings (SSSR count). The second-order valence-electron chi connectivity index (χ2n) is 4.60. The monoisotopic (exact) mass is 244 g/mol. The molecule has 92 valence electrons. The van der Waals surface area contributed by atoms with Crippen molar-refractivity contribution in [3.05, 3.63) is 63.1 Å². The minimum absolute atomic E-state index is 0.0381. The number of nitrogens with one attached hydrogen (secondary N) is 1. The molecule has 4 heteroatoms. The zero-order chi connectivity index (χ0) is 12.5. The zero-order valence-electron chi connectivity index (χ0n) is 9.87. The normalized spacial score (nSPS) is 13.6. The van der Waals surface area contributed by atoms with Crippen molar-refractivity contribution in [2.24, 2.45) is 0 Å². The van der Waals surface area contributed by atoms with E-state index in [2.05, 4.69) is 9.97 Å². The van der Waals surface area contributed by atoms with E-state index in [1.807, 2.05) is 6.07 Å². The largest absolute Gasteiger partial charge is 0.310 e. The lowest BCUT2D eigenvalue weighted by molar-refractivity contribution is 0.625. The summed E-state index contributed by atoms with van der Waals surface area (Å²) in [5, 5.41) is 0. The Balaban J connectivity index is 1.94. The van der Waals surface area contributed by atoms with Gasteiger partial charge in [0.05, 0.1) is 5.69 Å². The topological polar surface area (TPSA) is 45.8 Å². The first kappa shape index (κ1) is 11.1. The number of aromatic nitrogens is 2. The van der Waals surface area contributed by atoms with Gasteiger partial charge >= 0.3 is 0 Å². The van der Waals surface area contributed by atoms with Crippen molar-refractivity contribution in [2.75, 3.05) is 0 Å². The van der Waals surface area contributed by atoms with Crippen LogP contribution in [0, 0.1) is 5.82 Å². The third-order valence-electron chi connectivity index (χ3n) is 3.25. The molecular formula is C14H13FN2O. The Morgan fingerprint density at radius 3 is 3.06 bits per heavy atom. The summed E-state index contributed by atoms with van der Waals surface area (Å²) < 4.78 is 13.1. The highest BCUT2D eigenvalue weighted by Crippen LogP contribution is 2.16. The van der Waals surface area contributed by atoms with Gasteiger partial charge in [0.2, 0.25) is 0 Å². The van der Waals surface area contributed by atoms with E-state index in [1.54, 1.807) is 6.07 Å². The van der Waals surface area contributed by atoms with Gasteiger partial charge < -0.3 is 4.98 Å². The zero-order valence-corrected chi connectivity index (χ0v) is 9.87. The van der Waals surface area contributed by atoms with Crippen LogP contribution in [0.3, 0.4) is 0 Å². The summed E-state index contributed by atoms with van der Waals surface area (Å²) in [4.78, 5) is 19.1. The number of rotatable bonds is 2. The molecule has 2 aromatic rings. The maximum atomic E-state index is 13.1. The molecule has 0 spiro atoms. The fourth-order valence-corrected chi connectivity index (χ4v) is 2.42. The number of hydrogen-bond donors (Lipinski definition) is 1. The lowest BCUT2D eigenvalue weighted by atomic mass is 10.1. The number of hydrogen-bond acceptors (Lipinski definition) is 2. The van der Waals surface area contributed by atoms with Crippen LogP contribution in [-0.4, -0.2) is 9.97 Å². The van der Waals surface area contributed by atoms with Gasteiger partial charge in [-0.25, -0.2) is 9.37 Å². The average Bonchev–Trinajstić information content (AvgIpc) is 2.77. The molecule has 0 unspecified atom stereocenters. The Hall–Kier alpha value is -1.97. The minimum Gasteiger partial charge on any atom is -0.310 e. The van der Waals surface area contributed by atoms with E-state index in [9.17, 15) is 9.18 Å². The molecule has 18 heavy (non-hydrogen) atoms. The van der Waals surface area contributed by atoms with Gasteiger partial charge in [-0.15, -0.1) is 0 Å². The average molecular weight is 244 g/mol. The van der Waals surface area contributed by atoms with Crippen LogP contribution in [0.5, 0.6) is 0 Å². The first-order valence-corrected chi connectivity index (χ1v) is 6.08. The van der Waals surface area contributed by atoms with E-state index >= 15 is 0 Å². The number of aryl methyl sites for hydroxylation is 1. The number of nitrogens with zero attached hydrogens (tertiary/aromatic N) is 1. The van der Waals surface area contributed by atoms with E-state index in [4.69, 9.17) is 0 Å². The molecule has 1 aromatic carbocycles. The van der Waals surface area contributed by atoms with Gasteiger partial charge in [0.25, 0.3) is 5.56 Å². The SMILES string of the molecule is O=c1[nH]c(Cc2cccc(F)c2)nc2c1CCC2. The van der Waals surface area contributed by atoms with Gasteiger partial charge in [0, 0.05) is 12.0 Å². The van der Waals surface area contributed by atoms with E-state index in [1.165, 1.54) is 12.1 Å². The van der Waals surface area contributed by atoms with Gasteiger partial charge in [-0.2, -0.15) is 0 Å². The fraction of sp³-hybridized carbons (Fsp3) is 0.286. The lowest BCUT2D eigenvalue weighted by Gasteiger charge is -2.04. The van der Waals surface area contributed by atoms with E-state index in [-0.39, 0.29) is 11.4 Å². The number of halogens is 1. The molecule has 0 atom stereocenters. The van der Waals surface area contributed by atoms with Crippen LogP contribution in [0.1, 0.15) is 29.1 Å². The second-order valence-corrected chi connectivity index (χ2v) is 4.60. The third kappa shape index (κ3) is 2.06. The smallest absolute Gasteiger partial charge is 0.254 e. The molecule has 1 aliphatic rings. The summed E-state index contributed by atoms with van der Waals surface area (Å²) in [5.41, 5.74) is 2.50. The number of aromatic amines is 1. The van der Waals surface area contributed by atoms with Crippen LogP contribution in [-0.2, 0) is 19.3 Å². The van der Waals surface area contributed by atoms with Crippen molar-refractivity contribution in [3.8, 4) is 0 Å². The predicted octanol–water partition coefficient (Wildman–Crippen LogP) is 1.99. The molecule has 0 amide bonds. The molecule has 0 aliphatic heterocycles. The van der Waals surface area contributed by atoms with E-state index < -0.39 is 0 Å². The van der Waals surface area contributed by atoms with Gasteiger partial charge in [0.15, 0.2) is 0 Å². The lowest BCUT2D eigenvalue weighted by Crippen LogP contribution is -2.17. The van der Waals surface area contributed by atoms with Crippen molar-refractivity contribution in [2.45, 2.75) is 25.7 Å². The molecule has 1 aromatic heterocycles. The van der Waals surface area contributed by atoms with Crippen molar-refractivity contribution in [1.29, 1.82) is 0 Å². The highest BCUT2D eigenvalue weighted by atomic mass is 19.1. The van der Waals surface area contributed by atoms with Crippen molar-refractivity contribution < 1.29 is 4.39 Å². The Labute approximate surface area is 104 Å².